The smallest absolute Gasteiger partial charge is 0.137 e. The first-order chi connectivity index (χ1) is 24.5. The molecule has 7 nitrogen and oxygen atoms in total. The highest BCUT2D eigenvalue weighted by atomic mass is 16.5. The van der Waals surface area contributed by atoms with Crippen LogP contribution in [-0.2, 0) is 0 Å². The Kier molecular flexibility index (Phi) is 12.4. The summed E-state index contributed by atoms with van der Waals surface area (Å²) >= 11 is 0. The van der Waals surface area contributed by atoms with Gasteiger partial charge in [0.25, 0.3) is 0 Å². The zero-order valence-electron chi connectivity index (χ0n) is 28.6. The van der Waals surface area contributed by atoms with Crippen molar-refractivity contribution in [2.45, 2.75) is 19.4 Å². The summed E-state index contributed by atoms with van der Waals surface area (Å²) in [6.07, 6.45) is 4.11. The van der Waals surface area contributed by atoms with E-state index in [1.165, 1.54) is 34.2 Å². The van der Waals surface area contributed by atoms with E-state index in [1.807, 2.05) is 24.3 Å². The van der Waals surface area contributed by atoms with Crippen molar-refractivity contribution in [3.63, 3.8) is 0 Å². The van der Waals surface area contributed by atoms with Crippen LogP contribution in [0.15, 0.2) is 146 Å². The van der Waals surface area contributed by atoms with Crippen LogP contribution in [0, 0.1) is 22.7 Å². The topological polar surface area (TPSA) is 90.8 Å². The van der Waals surface area contributed by atoms with E-state index in [9.17, 15) is 0 Å². The molecule has 6 aromatic rings. The summed E-state index contributed by atoms with van der Waals surface area (Å²) in [7, 11) is 4.11. The number of nitrogens with zero attached hydrogens (tertiary/aromatic N) is 6. The maximum atomic E-state index is 8.92. The molecule has 0 radical (unpaired) electrons. The number of rotatable bonds is 11. The summed E-state index contributed by atoms with van der Waals surface area (Å²) in [4.78, 5) is 6.13. The number of nitriles is 2. The van der Waals surface area contributed by atoms with Gasteiger partial charge in [-0.3, -0.25) is 0 Å². The SMILES string of the molecule is CC/C(=C(\c1ccccc1)c1ccc(OCCN(C)C)cc1)c1ccccc1.N#Cc1ccc(C(c2ccc(C#N)cc2)n2cncn2)cc1. The second-order valence-corrected chi connectivity index (χ2v) is 11.9. The van der Waals surface area contributed by atoms with Crippen LogP contribution in [0.3, 0.4) is 0 Å². The Morgan fingerprint density at radius 1 is 0.700 bits per heavy atom. The summed E-state index contributed by atoms with van der Waals surface area (Å²) in [5.74, 6) is 0.913. The van der Waals surface area contributed by atoms with Gasteiger partial charge in [-0.25, -0.2) is 9.67 Å². The normalized spacial score (nSPS) is 11.2. The van der Waals surface area contributed by atoms with Crippen molar-refractivity contribution in [1.29, 1.82) is 10.5 Å². The minimum Gasteiger partial charge on any atom is -0.492 e. The molecule has 6 rings (SSSR count). The van der Waals surface area contributed by atoms with Gasteiger partial charge in [0.1, 0.15) is 31.1 Å². The van der Waals surface area contributed by atoms with Gasteiger partial charge >= 0.3 is 0 Å². The van der Waals surface area contributed by atoms with Crippen molar-refractivity contribution in [3.05, 3.63) is 185 Å². The van der Waals surface area contributed by atoms with Crippen molar-refractivity contribution >= 4 is 11.1 Å². The minimum atomic E-state index is -0.150. The van der Waals surface area contributed by atoms with E-state index >= 15 is 0 Å². The van der Waals surface area contributed by atoms with Gasteiger partial charge in [-0.15, -0.1) is 0 Å². The predicted molar refractivity (Wildman–Crippen MR) is 199 cm³/mol. The Labute approximate surface area is 295 Å². The van der Waals surface area contributed by atoms with Gasteiger partial charge < -0.3 is 9.64 Å². The molecule has 0 N–H and O–H groups in total. The summed E-state index contributed by atoms with van der Waals surface area (Å²) in [6.45, 7) is 3.83. The van der Waals surface area contributed by atoms with Crippen LogP contribution in [0.2, 0.25) is 0 Å². The number of hydrogen-bond acceptors (Lipinski definition) is 6. The van der Waals surface area contributed by atoms with Crippen molar-refractivity contribution in [2.75, 3.05) is 27.2 Å². The molecule has 5 aromatic carbocycles. The quantitative estimate of drug-likeness (QED) is 0.130. The summed E-state index contributed by atoms with van der Waals surface area (Å²) in [6, 6.07) is 48.6. The van der Waals surface area contributed by atoms with Gasteiger partial charge in [0.2, 0.25) is 0 Å². The third-order valence-electron chi connectivity index (χ3n) is 8.20. The van der Waals surface area contributed by atoms with E-state index in [2.05, 4.69) is 133 Å². The van der Waals surface area contributed by atoms with Gasteiger partial charge in [0, 0.05) is 6.54 Å². The fraction of sp³-hybridized carbons (Fsp3) is 0.163. The second-order valence-electron chi connectivity index (χ2n) is 11.9. The Hall–Kier alpha value is -6.28. The van der Waals surface area contributed by atoms with Gasteiger partial charge in [-0.05, 0) is 95.9 Å². The lowest BCUT2D eigenvalue weighted by Gasteiger charge is -2.18. The fourth-order valence-electron chi connectivity index (χ4n) is 5.68. The molecule has 0 aliphatic rings. The van der Waals surface area contributed by atoms with Crippen molar-refractivity contribution < 1.29 is 4.74 Å². The summed E-state index contributed by atoms with van der Waals surface area (Å²) in [5, 5.41) is 22.1. The van der Waals surface area contributed by atoms with Crippen LogP contribution in [0.5, 0.6) is 5.75 Å². The van der Waals surface area contributed by atoms with E-state index in [4.69, 9.17) is 15.3 Å². The first-order valence-corrected chi connectivity index (χ1v) is 16.6. The van der Waals surface area contributed by atoms with Crippen LogP contribution < -0.4 is 4.74 Å². The monoisotopic (exact) mass is 656 g/mol. The molecule has 0 saturated carbocycles. The average molecular weight is 657 g/mol. The lowest BCUT2D eigenvalue weighted by Crippen LogP contribution is -2.19. The molecule has 50 heavy (non-hydrogen) atoms. The third kappa shape index (κ3) is 9.20. The van der Waals surface area contributed by atoms with Gasteiger partial charge in [0.05, 0.1) is 23.3 Å². The number of ether oxygens (including phenoxy) is 1. The van der Waals surface area contributed by atoms with Crippen LogP contribution in [0.1, 0.15) is 58.3 Å². The van der Waals surface area contributed by atoms with Crippen LogP contribution in [0.4, 0.5) is 0 Å². The molecule has 0 unspecified atom stereocenters. The Morgan fingerprint density at radius 3 is 1.68 bits per heavy atom. The number of allylic oxidation sites excluding steroid dienone is 1. The molecule has 7 heteroatoms. The molecule has 0 fully saturated rings. The van der Waals surface area contributed by atoms with E-state index < -0.39 is 0 Å². The summed E-state index contributed by atoms with van der Waals surface area (Å²) < 4.78 is 7.62. The highest BCUT2D eigenvalue weighted by Gasteiger charge is 2.17. The standard InChI is InChI=1S/C26H29NO.C17H11N5/c1-4-25(21-11-7-5-8-12-21)26(22-13-9-6-10-14-22)23-15-17-24(18-16-23)28-20-19-27(2)3;18-9-13-1-5-15(6-2-13)17(22-12-20-11-21-22)16-7-3-14(10-19)4-8-16/h5-18H,4,19-20H2,1-3H3;1-8,11-12,17H/b26-25-;. The average Bonchev–Trinajstić information content (AvgIpc) is 3.70. The zero-order valence-corrected chi connectivity index (χ0v) is 28.6. The maximum absolute atomic E-state index is 8.92. The Bertz CT molecular complexity index is 1960. The summed E-state index contributed by atoms with van der Waals surface area (Å²) in [5.41, 5.74) is 9.58. The highest BCUT2D eigenvalue weighted by Crippen LogP contribution is 2.35. The first kappa shape index (κ1) is 35.0. The van der Waals surface area contributed by atoms with Gasteiger partial charge in [-0.1, -0.05) is 104 Å². The van der Waals surface area contributed by atoms with Crippen LogP contribution >= 0.6 is 0 Å². The lowest BCUT2D eigenvalue weighted by molar-refractivity contribution is 0.261. The molecular formula is C43H40N6O. The van der Waals surface area contributed by atoms with Crippen LogP contribution in [0.25, 0.3) is 11.1 Å². The molecule has 1 aromatic heterocycles. The lowest BCUT2D eigenvalue weighted by atomic mass is 9.88. The molecule has 0 saturated heterocycles. The highest BCUT2D eigenvalue weighted by molar-refractivity contribution is 5.98. The molecule has 0 aliphatic heterocycles. The third-order valence-corrected chi connectivity index (χ3v) is 8.20. The van der Waals surface area contributed by atoms with E-state index in [1.54, 1.807) is 35.3 Å². The second kappa shape index (κ2) is 17.8. The van der Waals surface area contributed by atoms with E-state index in [-0.39, 0.29) is 6.04 Å². The van der Waals surface area contributed by atoms with Crippen molar-refractivity contribution in [2.24, 2.45) is 0 Å². The first-order valence-electron chi connectivity index (χ1n) is 16.6. The largest absolute Gasteiger partial charge is 0.492 e. The number of hydrogen-bond donors (Lipinski definition) is 0. The molecule has 0 amide bonds. The van der Waals surface area contributed by atoms with Crippen LogP contribution in [-0.4, -0.2) is 46.9 Å². The molecule has 0 atom stereocenters. The minimum absolute atomic E-state index is 0.150. The molecular weight excluding hydrogens is 617 g/mol. The van der Waals surface area contributed by atoms with E-state index in [0.29, 0.717) is 17.7 Å². The van der Waals surface area contributed by atoms with Gasteiger partial charge in [0.15, 0.2) is 0 Å². The number of likely N-dealkylation sites (N-methyl/N-ethyl adjacent to an activating group) is 1. The van der Waals surface area contributed by atoms with Crippen molar-refractivity contribution in [1.82, 2.24) is 19.7 Å². The molecule has 248 valence electrons. The Balaban J connectivity index is 0.000000200. The molecule has 0 aliphatic carbocycles. The number of benzene rings is 5. The fourth-order valence-corrected chi connectivity index (χ4v) is 5.68. The predicted octanol–water partition coefficient (Wildman–Crippen LogP) is 8.66. The molecule has 1 heterocycles. The van der Waals surface area contributed by atoms with Crippen molar-refractivity contribution in [3.8, 4) is 17.9 Å². The maximum Gasteiger partial charge on any atom is 0.137 e. The zero-order chi connectivity index (χ0) is 35.1. The number of aromatic nitrogens is 3. The Morgan fingerprint density at radius 2 is 1.22 bits per heavy atom. The van der Waals surface area contributed by atoms with E-state index in [0.717, 1.165) is 29.8 Å². The molecule has 0 bridgehead atoms. The molecule has 0 spiro atoms. The van der Waals surface area contributed by atoms with Gasteiger partial charge in [-0.2, -0.15) is 15.6 Å².